The van der Waals surface area contributed by atoms with Crippen LogP contribution in [0.3, 0.4) is 0 Å². The fraction of sp³-hybridized carbons (Fsp3) is 0. The lowest BCUT2D eigenvalue weighted by Gasteiger charge is -2.09. The molecule has 1 N–H and O–H groups in total. The smallest absolute Gasteiger partial charge is 0.342 e. The maximum absolute atomic E-state index is 13.8. The van der Waals surface area contributed by atoms with Crippen molar-refractivity contribution >= 4 is 34.2 Å². The number of hydrogen-bond acceptors (Lipinski definition) is 4. The van der Waals surface area contributed by atoms with Crippen molar-refractivity contribution in [2.45, 2.75) is 0 Å². The van der Waals surface area contributed by atoms with Crippen molar-refractivity contribution in [1.82, 2.24) is 0 Å². The Morgan fingerprint density at radius 1 is 1.29 bits per heavy atom. The van der Waals surface area contributed by atoms with Crippen LogP contribution in [0.25, 0.3) is 0 Å². The SMILES string of the molecule is O=C(O)c1cc(Oc2ccccc2I)c(F)cc1[N+](=O)[O-]. The third-order valence-corrected chi connectivity index (χ3v) is 3.43. The number of nitro benzene ring substituents is 1. The van der Waals surface area contributed by atoms with Crippen LogP contribution in [0.4, 0.5) is 10.1 Å². The third kappa shape index (κ3) is 3.27. The van der Waals surface area contributed by atoms with E-state index in [0.717, 1.165) is 6.07 Å². The van der Waals surface area contributed by atoms with Gasteiger partial charge in [-0.15, -0.1) is 0 Å². The molecule has 0 unspecified atom stereocenters. The van der Waals surface area contributed by atoms with Gasteiger partial charge in [0.05, 0.1) is 14.6 Å². The summed E-state index contributed by atoms with van der Waals surface area (Å²) >= 11 is 1.97. The molecule has 0 atom stereocenters. The first-order valence-electron chi connectivity index (χ1n) is 5.53. The second-order valence-electron chi connectivity index (χ2n) is 3.89. The summed E-state index contributed by atoms with van der Waals surface area (Å²) in [5.74, 6) is -2.61. The number of nitrogens with zero attached hydrogens (tertiary/aromatic N) is 1. The second kappa shape index (κ2) is 6.04. The van der Waals surface area contributed by atoms with Crippen molar-refractivity contribution in [3.63, 3.8) is 0 Å². The van der Waals surface area contributed by atoms with Crippen LogP contribution in [-0.2, 0) is 0 Å². The van der Waals surface area contributed by atoms with E-state index in [2.05, 4.69) is 0 Å². The Balaban J connectivity index is 2.50. The van der Waals surface area contributed by atoms with Gasteiger partial charge in [-0.25, -0.2) is 9.18 Å². The van der Waals surface area contributed by atoms with Gasteiger partial charge < -0.3 is 9.84 Å². The maximum atomic E-state index is 13.8. The molecule has 0 radical (unpaired) electrons. The fourth-order valence-corrected chi connectivity index (χ4v) is 2.09. The van der Waals surface area contributed by atoms with Crippen molar-refractivity contribution in [2.75, 3.05) is 0 Å². The maximum Gasteiger partial charge on any atom is 0.342 e. The highest BCUT2D eigenvalue weighted by atomic mass is 127. The zero-order chi connectivity index (χ0) is 15.6. The molecule has 0 aliphatic heterocycles. The zero-order valence-corrected chi connectivity index (χ0v) is 12.4. The minimum atomic E-state index is -1.53. The average molecular weight is 403 g/mol. The van der Waals surface area contributed by atoms with E-state index in [1.165, 1.54) is 0 Å². The van der Waals surface area contributed by atoms with Crippen LogP contribution >= 0.6 is 22.6 Å². The molecule has 0 spiro atoms. The summed E-state index contributed by atoms with van der Waals surface area (Å²) < 4.78 is 19.8. The van der Waals surface area contributed by atoms with Gasteiger partial charge in [-0.2, -0.15) is 0 Å². The number of halogens is 2. The number of benzene rings is 2. The molecule has 0 bridgehead atoms. The molecule has 0 amide bonds. The van der Waals surface area contributed by atoms with Gasteiger partial charge in [-0.05, 0) is 34.7 Å². The third-order valence-electron chi connectivity index (χ3n) is 2.53. The van der Waals surface area contributed by atoms with Crippen molar-refractivity contribution in [1.29, 1.82) is 0 Å². The van der Waals surface area contributed by atoms with E-state index in [0.29, 0.717) is 15.4 Å². The molecule has 0 aromatic heterocycles. The lowest BCUT2D eigenvalue weighted by atomic mass is 10.1. The van der Waals surface area contributed by atoms with Crippen LogP contribution in [0.5, 0.6) is 11.5 Å². The Morgan fingerprint density at radius 2 is 1.95 bits per heavy atom. The van der Waals surface area contributed by atoms with Crippen LogP contribution in [-0.4, -0.2) is 16.0 Å². The standard InChI is InChI=1S/C13H7FINO5/c14-8-6-10(16(19)20)7(13(17)18)5-12(8)21-11-4-2-1-3-9(11)15/h1-6H,(H,17,18). The number of para-hydroxylation sites is 1. The predicted octanol–water partition coefficient (Wildman–Crippen LogP) is 3.83. The normalized spacial score (nSPS) is 10.2. The Bertz CT molecular complexity index is 734. The number of aromatic carboxylic acids is 1. The van der Waals surface area contributed by atoms with Gasteiger partial charge in [0, 0.05) is 6.07 Å². The number of nitro groups is 1. The summed E-state index contributed by atoms with van der Waals surface area (Å²) in [5.41, 5.74) is -1.46. The first kappa shape index (κ1) is 15.2. The topological polar surface area (TPSA) is 89.7 Å². The first-order chi connectivity index (χ1) is 9.90. The number of carboxylic acids is 1. The van der Waals surface area contributed by atoms with Gasteiger partial charge in [-0.3, -0.25) is 10.1 Å². The van der Waals surface area contributed by atoms with E-state index < -0.39 is 28.0 Å². The van der Waals surface area contributed by atoms with Crippen LogP contribution in [0.1, 0.15) is 10.4 Å². The molecule has 0 saturated carbocycles. The van der Waals surface area contributed by atoms with Gasteiger partial charge in [0.15, 0.2) is 11.6 Å². The summed E-state index contributed by atoms with van der Waals surface area (Å²) in [6.07, 6.45) is 0. The number of rotatable bonds is 4. The predicted molar refractivity (Wildman–Crippen MR) is 79.2 cm³/mol. The summed E-state index contributed by atoms with van der Waals surface area (Å²) in [7, 11) is 0. The molecule has 6 nitrogen and oxygen atoms in total. The Kier molecular flexibility index (Phi) is 4.36. The molecule has 0 aliphatic rings. The van der Waals surface area contributed by atoms with E-state index in [4.69, 9.17) is 9.84 Å². The number of carboxylic acid groups (broad SMARTS) is 1. The second-order valence-corrected chi connectivity index (χ2v) is 5.06. The molecule has 108 valence electrons. The number of hydrogen-bond donors (Lipinski definition) is 1. The van der Waals surface area contributed by atoms with Crippen molar-refractivity contribution in [2.24, 2.45) is 0 Å². The summed E-state index contributed by atoms with van der Waals surface area (Å²) in [6.45, 7) is 0. The number of ether oxygens (including phenoxy) is 1. The van der Waals surface area contributed by atoms with Gasteiger partial charge >= 0.3 is 5.97 Å². The molecule has 2 aromatic rings. The van der Waals surface area contributed by atoms with Gasteiger partial charge in [0.2, 0.25) is 0 Å². The molecule has 0 aliphatic carbocycles. The van der Waals surface area contributed by atoms with E-state index in [1.54, 1.807) is 24.3 Å². The Labute approximate surface area is 131 Å². The molecule has 2 rings (SSSR count). The van der Waals surface area contributed by atoms with Crippen LogP contribution in [0.15, 0.2) is 36.4 Å². The summed E-state index contributed by atoms with van der Waals surface area (Å²) in [6, 6.07) is 8.05. The van der Waals surface area contributed by atoms with E-state index in [1.807, 2.05) is 22.6 Å². The largest absolute Gasteiger partial charge is 0.477 e. The molecule has 0 heterocycles. The highest BCUT2D eigenvalue weighted by molar-refractivity contribution is 14.1. The molecule has 0 fully saturated rings. The van der Waals surface area contributed by atoms with Gasteiger partial charge in [0.1, 0.15) is 11.3 Å². The summed E-state index contributed by atoms with van der Waals surface area (Å²) in [4.78, 5) is 20.8. The highest BCUT2D eigenvalue weighted by Gasteiger charge is 2.24. The van der Waals surface area contributed by atoms with Crippen LogP contribution < -0.4 is 4.74 Å². The minimum Gasteiger partial charge on any atom is -0.477 e. The van der Waals surface area contributed by atoms with Crippen molar-refractivity contribution in [3.05, 3.63) is 61.5 Å². The average Bonchev–Trinajstić information content (AvgIpc) is 2.42. The Morgan fingerprint density at radius 3 is 2.52 bits per heavy atom. The van der Waals surface area contributed by atoms with Crippen molar-refractivity contribution in [3.8, 4) is 11.5 Å². The lowest BCUT2D eigenvalue weighted by Crippen LogP contribution is -2.04. The van der Waals surface area contributed by atoms with Crippen LogP contribution in [0, 0.1) is 19.5 Å². The lowest BCUT2D eigenvalue weighted by molar-refractivity contribution is -0.385. The quantitative estimate of drug-likeness (QED) is 0.476. The van der Waals surface area contributed by atoms with E-state index >= 15 is 0 Å². The van der Waals surface area contributed by atoms with Gasteiger partial charge in [0.25, 0.3) is 5.69 Å². The Hall–Kier alpha value is -2.23. The molecule has 8 heteroatoms. The van der Waals surface area contributed by atoms with E-state index in [9.17, 15) is 19.3 Å². The van der Waals surface area contributed by atoms with Crippen LogP contribution in [0.2, 0.25) is 0 Å². The zero-order valence-electron chi connectivity index (χ0n) is 10.2. The highest BCUT2D eigenvalue weighted by Crippen LogP contribution is 2.32. The fourth-order valence-electron chi connectivity index (χ4n) is 1.59. The minimum absolute atomic E-state index is 0.321. The monoisotopic (exact) mass is 403 g/mol. The molecule has 0 saturated heterocycles. The molecular weight excluding hydrogens is 396 g/mol. The molecular formula is C13H7FINO5. The summed E-state index contributed by atoms with van der Waals surface area (Å²) in [5, 5.41) is 19.7. The molecule has 2 aromatic carbocycles. The number of carbonyl (C=O) groups is 1. The van der Waals surface area contributed by atoms with E-state index in [-0.39, 0.29) is 5.75 Å². The first-order valence-corrected chi connectivity index (χ1v) is 6.61. The molecule has 21 heavy (non-hydrogen) atoms. The van der Waals surface area contributed by atoms with Crippen molar-refractivity contribution < 1.29 is 24.0 Å². The van der Waals surface area contributed by atoms with Gasteiger partial charge in [-0.1, -0.05) is 12.1 Å².